The molecule has 1 aromatic carbocycles. The van der Waals surface area contributed by atoms with Gasteiger partial charge in [0.05, 0.1) is 7.11 Å². The van der Waals surface area contributed by atoms with Gasteiger partial charge in [-0.05, 0) is 37.3 Å². The van der Waals surface area contributed by atoms with Crippen molar-refractivity contribution in [2.24, 2.45) is 0 Å². The lowest BCUT2D eigenvalue weighted by Crippen LogP contribution is -2.17. The van der Waals surface area contributed by atoms with E-state index in [-0.39, 0.29) is 5.41 Å². The highest BCUT2D eigenvalue weighted by Crippen LogP contribution is 2.37. The van der Waals surface area contributed by atoms with Gasteiger partial charge in [-0.3, -0.25) is 0 Å². The summed E-state index contributed by atoms with van der Waals surface area (Å²) in [5, 5.41) is 0. The third-order valence-corrected chi connectivity index (χ3v) is 3.43. The molecule has 1 rings (SSSR count). The number of rotatable bonds is 4. The summed E-state index contributed by atoms with van der Waals surface area (Å²) in [4.78, 5) is 0. The Kier molecular flexibility index (Phi) is 7.51. The van der Waals surface area contributed by atoms with Crippen molar-refractivity contribution in [1.29, 1.82) is 0 Å². The van der Waals surface area contributed by atoms with Gasteiger partial charge in [-0.2, -0.15) is 0 Å². The molecule has 0 fully saturated rings. The molecule has 0 aliphatic carbocycles. The van der Waals surface area contributed by atoms with E-state index in [9.17, 15) is 0 Å². The second kappa shape index (κ2) is 8.04. The highest BCUT2D eigenvalue weighted by Gasteiger charge is 2.24. The first-order valence-electron chi connectivity index (χ1n) is 7.28. The van der Waals surface area contributed by atoms with Gasteiger partial charge in [0.2, 0.25) is 0 Å². The summed E-state index contributed by atoms with van der Waals surface area (Å²) in [6, 6.07) is 4.42. The molecule has 0 amide bonds. The standard InChI is InChI=1S/C16H24O.C2H6/c1-7-9-13-10-12(3)11-14(15(13)17-6)16(4,5)8-2;1-2/h7,9-11H,8H2,1-6H3;1-2H3/b9-7-;. The van der Waals surface area contributed by atoms with Crippen LogP contribution < -0.4 is 4.74 Å². The zero-order chi connectivity index (χ0) is 15.1. The van der Waals surface area contributed by atoms with E-state index < -0.39 is 0 Å². The largest absolute Gasteiger partial charge is 0.496 e. The first-order valence-corrected chi connectivity index (χ1v) is 7.28. The highest BCUT2D eigenvalue weighted by atomic mass is 16.5. The summed E-state index contributed by atoms with van der Waals surface area (Å²) in [5.41, 5.74) is 3.91. The van der Waals surface area contributed by atoms with Gasteiger partial charge in [-0.1, -0.05) is 52.8 Å². The van der Waals surface area contributed by atoms with E-state index in [0.29, 0.717) is 0 Å². The van der Waals surface area contributed by atoms with Crippen molar-refractivity contribution in [2.75, 3.05) is 7.11 Å². The molecular formula is C18H30O. The summed E-state index contributed by atoms with van der Waals surface area (Å²) >= 11 is 0. The lowest BCUT2D eigenvalue weighted by Gasteiger charge is -2.27. The lowest BCUT2D eigenvalue weighted by molar-refractivity contribution is 0.388. The molecule has 19 heavy (non-hydrogen) atoms. The van der Waals surface area contributed by atoms with Crippen LogP contribution >= 0.6 is 0 Å². The molecule has 0 aliphatic rings. The summed E-state index contributed by atoms with van der Waals surface area (Å²) in [6.45, 7) is 14.9. The number of hydrogen-bond donors (Lipinski definition) is 0. The average molecular weight is 262 g/mol. The summed E-state index contributed by atoms with van der Waals surface area (Å²) in [6.07, 6.45) is 5.27. The van der Waals surface area contributed by atoms with E-state index in [0.717, 1.165) is 12.2 Å². The van der Waals surface area contributed by atoms with Crippen LogP contribution in [0, 0.1) is 6.92 Å². The van der Waals surface area contributed by atoms with Crippen molar-refractivity contribution in [1.82, 2.24) is 0 Å². The summed E-state index contributed by atoms with van der Waals surface area (Å²) in [5.74, 6) is 1.01. The van der Waals surface area contributed by atoms with Crippen molar-refractivity contribution >= 4 is 6.08 Å². The zero-order valence-electron chi connectivity index (χ0n) is 13.9. The molecule has 0 radical (unpaired) electrons. The molecule has 1 aromatic rings. The second-order valence-corrected chi connectivity index (χ2v) is 5.17. The molecular weight excluding hydrogens is 232 g/mol. The van der Waals surface area contributed by atoms with Gasteiger partial charge < -0.3 is 4.74 Å². The van der Waals surface area contributed by atoms with E-state index in [4.69, 9.17) is 4.74 Å². The van der Waals surface area contributed by atoms with Crippen LogP contribution in [0.2, 0.25) is 0 Å². The molecule has 0 N–H and O–H groups in total. The van der Waals surface area contributed by atoms with Gasteiger partial charge in [0.1, 0.15) is 5.75 Å². The molecule has 108 valence electrons. The fourth-order valence-corrected chi connectivity index (χ4v) is 2.03. The monoisotopic (exact) mass is 262 g/mol. The average Bonchev–Trinajstić information content (AvgIpc) is 2.41. The molecule has 0 bridgehead atoms. The zero-order valence-corrected chi connectivity index (χ0v) is 13.9. The minimum atomic E-state index is 0.147. The van der Waals surface area contributed by atoms with E-state index >= 15 is 0 Å². The van der Waals surface area contributed by atoms with Crippen LogP contribution in [-0.2, 0) is 5.41 Å². The molecule has 0 saturated heterocycles. The first kappa shape index (κ1) is 17.8. The van der Waals surface area contributed by atoms with Crippen molar-refractivity contribution in [2.45, 2.75) is 60.3 Å². The van der Waals surface area contributed by atoms with Gasteiger partial charge in [0.25, 0.3) is 0 Å². The Morgan fingerprint density at radius 1 is 1.21 bits per heavy atom. The van der Waals surface area contributed by atoms with Crippen LogP contribution in [0.25, 0.3) is 6.08 Å². The SMILES string of the molecule is C/C=C\c1cc(C)cc(C(C)(C)CC)c1OC.CC. The van der Waals surface area contributed by atoms with Crippen LogP contribution in [0.5, 0.6) is 5.75 Å². The van der Waals surface area contributed by atoms with Crippen molar-refractivity contribution in [3.63, 3.8) is 0 Å². The molecule has 1 heteroatoms. The second-order valence-electron chi connectivity index (χ2n) is 5.17. The molecule has 1 nitrogen and oxygen atoms in total. The third-order valence-electron chi connectivity index (χ3n) is 3.43. The van der Waals surface area contributed by atoms with E-state index in [1.54, 1.807) is 7.11 Å². The van der Waals surface area contributed by atoms with Gasteiger partial charge in [0.15, 0.2) is 0 Å². The van der Waals surface area contributed by atoms with Crippen LogP contribution in [-0.4, -0.2) is 7.11 Å². The maximum Gasteiger partial charge on any atom is 0.129 e. The Bertz CT molecular complexity index is 414. The molecule has 0 atom stereocenters. The van der Waals surface area contributed by atoms with Crippen molar-refractivity contribution < 1.29 is 4.74 Å². The van der Waals surface area contributed by atoms with Crippen molar-refractivity contribution in [3.05, 3.63) is 34.9 Å². The molecule has 0 saturated carbocycles. The van der Waals surface area contributed by atoms with Crippen molar-refractivity contribution in [3.8, 4) is 5.75 Å². The van der Waals surface area contributed by atoms with Crippen LogP contribution in [0.4, 0.5) is 0 Å². The molecule has 0 aliphatic heterocycles. The number of ether oxygens (including phenoxy) is 1. The fraction of sp³-hybridized carbons (Fsp3) is 0.556. The van der Waals surface area contributed by atoms with Gasteiger partial charge in [-0.15, -0.1) is 0 Å². The van der Waals surface area contributed by atoms with Gasteiger partial charge in [0, 0.05) is 11.1 Å². The molecule has 0 heterocycles. The number of allylic oxidation sites excluding steroid dienone is 1. The predicted octanol–water partition coefficient (Wildman–Crippen LogP) is 5.75. The van der Waals surface area contributed by atoms with E-state index in [2.05, 4.69) is 52.0 Å². The topological polar surface area (TPSA) is 9.23 Å². The Hall–Kier alpha value is -1.24. The first-order chi connectivity index (χ1) is 8.96. The predicted molar refractivity (Wildman–Crippen MR) is 87.1 cm³/mol. The normalized spacial score (nSPS) is 11.2. The fourth-order valence-electron chi connectivity index (χ4n) is 2.03. The number of methoxy groups -OCH3 is 1. The third kappa shape index (κ3) is 4.41. The van der Waals surface area contributed by atoms with E-state index in [1.807, 2.05) is 20.8 Å². The Labute approximate surface area is 119 Å². The smallest absolute Gasteiger partial charge is 0.129 e. The minimum Gasteiger partial charge on any atom is -0.496 e. The Balaban J connectivity index is 0.00000154. The van der Waals surface area contributed by atoms with Crippen LogP contribution in [0.3, 0.4) is 0 Å². The molecule has 0 aromatic heterocycles. The Morgan fingerprint density at radius 3 is 2.21 bits per heavy atom. The molecule has 0 spiro atoms. The van der Waals surface area contributed by atoms with Gasteiger partial charge in [-0.25, -0.2) is 0 Å². The number of aryl methyl sites for hydroxylation is 1. The van der Waals surface area contributed by atoms with Gasteiger partial charge >= 0.3 is 0 Å². The minimum absolute atomic E-state index is 0.147. The summed E-state index contributed by atoms with van der Waals surface area (Å²) < 4.78 is 5.62. The maximum absolute atomic E-state index is 5.62. The maximum atomic E-state index is 5.62. The summed E-state index contributed by atoms with van der Waals surface area (Å²) in [7, 11) is 1.76. The highest BCUT2D eigenvalue weighted by molar-refractivity contribution is 5.62. The quantitative estimate of drug-likeness (QED) is 0.671. The molecule has 0 unspecified atom stereocenters. The van der Waals surface area contributed by atoms with Crippen LogP contribution in [0.1, 0.15) is 64.7 Å². The number of benzene rings is 1. The van der Waals surface area contributed by atoms with E-state index in [1.165, 1.54) is 16.7 Å². The number of hydrogen-bond acceptors (Lipinski definition) is 1. The van der Waals surface area contributed by atoms with Crippen LogP contribution in [0.15, 0.2) is 18.2 Å². The lowest BCUT2D eigenvalue weighted by atomic mass is 9.80. The Morgan fingerprint density at radius 2 is 1.79 bits per heavy atom.